The van der Waals surface area contributed by atoms with Crippen LogP contribution in [0.4, 0.5) is 0 Å². The lowest BCUT2D eigenvalue weighted by atomic mass is 10.4. The van der Waals surface area contributed by atoms with E-state index in [9.17, 15) is 8.42 Å². The minimum absolute atomic E-state index is 0.229. The van der Waals surface area contributed by atoms with Gasteiger partial charge < -0.3 is 10.1 Å². The molecule has 0 aliphatic rings. The van der Waals surface area contributed by atoms with Crippen molar-refractivity contribution in [1.82, 2.24) is 10.0 Å². The van der Waals surface area contributed by atoms with Gasteiger partial charge in [0.1, 0.15) is 0 Å². The van der Waals surface area contributed by atoms with E-state index < -0.39 is 10.0 Å². The molecule has 19 heavy (non-hydrogen) atoms. The van der Waals surface area contributed by atoms with Gasteiger partial charge in [-0.3, -0.25) is 0 Å². The van der Waals surface area contributed by atoms with E-state index in [-0.39, 0.29) is 4.90 Å². The van der Waals surface area contributed by atoms with Gasteiger partial charge in [-0.05, 0) is 34.1 Å². The quantitative estimate of drug-likeness (QED) is 0.634. The van der Waals surface area contributed by atoms with Gasteiger partial charge in [-0.15, -0.1) is 0 Å². The average molecular weight is 416 g/mol. The number of sulfonamides is 1. The first-order chi connectivity index (χ1) is 8.97. The molecule has 0 aromatic heterocycles. The van der Waals surface area contributed by atoms with Crippen molar-refractivity contribution in [3.63, 3.8) is 0 Å². The third-order valence-corrected chi connectivity index (χ3v) is 5.19. The molecule has 0 fully saturated rings. The first-order valence-corrected chi connectivity index (χ1v) is 8.68. The molecule has 1 aromatic rings. The van der Waals surface area contributed by atoms with E-state index in [2.05, 4.69) is 41.9 Å². The van der Waals surface area contributed by atoms with E-state index in [4.69, 9.17) is 4.74 Å². The van der Waals surface area contributed by atoms with Crippen molar-refractivity contribution in [3.8, 4) is 0 Å². The van der Waals surface area contributed by atoms with Crippen LogP contribution in [0, 0.1) is 0 Å². The maximum absolute atomic E-state index is 12.0. The Morgan fingerprint density at radius 2 is 1.95 bits per heavy atom. The SMILES string of the molecule is COCCNCCNS(=O)(=O)c1ccc(Br)cc1Br. The first-order valence-electron chi connectivity index (χ1n) is 5.62. The van der Waals surface area contributed by atoms with Gasteiger partial charge in [0, 0.05) is 35.7 Å². The third-order valence-electron chi connectivity index (χ3n) is 2.26. The summed E-state index contributed by atoms with van der Waals surface area (Å²) in [4.78, 5) is 0.229. The van der Waals surface area contributed by atoms with Gasteiger partial charge in [-0.25, -0.2) is 13.1 Å². The molecule has 0 radical (unpaired) electrons. The highest BCUT2D eigenvalue weighted by atomic mass is 79.9. The van der Waals surface area contributed by atoms with Gasteiger partial charge in [-0.1, -0.05) is 15.9 Å². The second kappa shape index (κ2) is 8.33. The molecule has 0 spiro atoms. The summed E-state index contributed by atoms with van der Waals surface area (Å²) >= 11 is 6.53. The molecule has 0 aliphatic carbocycles. The third kappa shape index (κ3) is 5.88. The molecule has 8 heteroatoms. The van der Waals surface area contributed by atoms with Crippen molar-refractivity contribution in [2.24, 2.45) is 0 Å². The number of hydrogen-bond donors (Lipinski definition) is 2. The molecule has 0 aliphatic heterocycles. The van der Waals surface area contributed by atoms with Crippen LogP contribution >= 0.6 is 31.9 Å². The summed E-state index contributed by atoms with van der Waals surface area (Å²) in [7, 11) is -1.87. The highest BCUT2D eigenvalue weighted by Gasteiger charge is 2.16. The van der Waals surface area contributed by atoms with Crippen molar-refractivity contribution in [2.45, 2.75) is 4.90 Å². The molecule has 0 amide bonds. The maximum atomic E-state index is 12.0. The van der Waals surface area contributed by atoms with Crippen molar-refractivity contribution in [2.75, 3.05) is 33.4 Å². The molecule has 1 rings (SSSR count). The number of halogens is 2. The topological polar surface area (TPSA) is 67.4 Å². The van der Waals surface area contributed by atoms with Gasteiger partial charge in [0.05, 0.1) is 11.5 Å². The second-order valence-electron chi connectivity index (χ2n) is 3.72. The number of ether oxygens (including phenoxy) is 1. The number of rotatable bonds is 8. The maximum Gasteiger partial charge on any atom is 0.241 e. The smallest absolute Gasteiger partial charge is 0.241 e. The molecule has 5 nitrogen and oxygen atoms in total. The van der Waals surface area contributed by atoms with E-state index in [1.807, 2.05) is 0 Å². The van der Waals surface area contributed by atoms with Gasteiger partial charge in [0.25, 0.3) is 0 Å². The molecule has 108 valence electrons. The van der Waals surface area contributed by atoms with Crippen molar-refractivity contribution in [3.05, 3.63) is 27.1 Å². The largest absolute Gasteiger partial charge is 0.383 e. The van der Waals surface area contributed by atoms with Crippen LogP contribution < -0.4 is 10.0 Å². The summed E-state index contributed by atoms with van der Waals surface area (Å²) < 4.78 is 32.8. The van der Waals surface area contributed by atoms with E-state index in [1.165, 1.54) is 0 Å². The molecular formula is C11H16Br2N2O3S. The van der Waals surface area contributed by atoms with Crippen LogP contribution in [-0.2, 0) is 14.8 Å². The Morgan fingerprint density at radius 3 is 2.58 bits per heavy atom. The summed E-state index contributed by atoms with van der Waals surface area (Å²) in [5.41, 5.74) is 0. The number of benzene rings is 1. The monoisotopic (exact) mass is 414 g/mol. The second-order valence-corrected chi connectivity index (χ2v) is 7.22. The lowest BCUT2D eigenvalue weighted by Gasteiger charge is -2.09. The van der Waals surface area contributed by atoms with Crippen LogP contribution in [-0.4, -0.2) is 41.8 Å². The zero-order valence-corrected chi connectivity index (χ0v) is 14.4. The van der Waals surface area contributed by atoms with Crippen molar-refractivity contribution < 1.29 is 13.2 Å². The molecule has 1 aromatic carbocycles. The Hall–Kier alpha value is 0.01000. The Kier molecular flexibility index (Phi) is 7.48. The van der Waals surface area contributed by atoms with Gasteiger partial charge >= 0.3 is 0 Å². The summed E-state index contributed by atoms with van der Waals surface area (Å²) in [6, 6.07) is 4.94. The van der Waals surface area contributed by atoms with E-state index in [0.29, 0.717) is 30.7 Å². The lowest BCUT2D eigenvalue weighted by Crippen LogP contribution is -2.33. The highest BCUT2D eigenvalue weighted by molar-refractivity contribution is 9.11. The predicted octanol–water partition coefficient (Wildman–Crippen LogP) is 1.73. The van der Waals surface area contributed by atoms with E-state index >= 15 is 0 Å². The van der Waals surface area contributed by atoms with Crippen molar-refractivity contribution >= 4 is 41.9 Å². The molecule has 0 saturated carbocycles. The zero-order valence-electron chi connectivity index (χ0n) is 10.4. The molecule has 0 atom stereocenters. The predicted molar refractivity (Wildman–Crippen MR) is 81.8 cm³/mol. The fourth-order valence-electron chi connectivity index (χ4n) is 1.34. The minimum atomic E-state index is -3.49. The normalized spacial score (nSPS) is 11.7. The Morgan fingerprint density at radius 1 is 1.21 bits per heavy atom. The summed E-state index contributed by atoms with van der Waals surface area (Å²) in [5.74, 6) is 0. The molecule has 0 saturated heterocycles. The molecule has 0 heterocycles. The Bertz CT molecular complexity index is 509. The van der Waals surface area contributed by atoms with Gasteiger partial charge in [-0.2, -0.15) is 0 Å². The van der Waals surface area contributed by atoms with E-state index in [1.54, 1.807) is 25.3 Å². The minimum Gasteiger partial charge on any atom is -0.383 e. The summed E-state index contributed by atoms with van der Waals surface area (Å²) in [6.07, 6.45) is 0. The van der Waals surface area contributed by atoms with Crippen LogP contribution in [0.25, 0.3) is 0 Å². The molecule has 2 N–H and O–H groups in total. The fraction of sp³-hybridized carbons (Fsp3) is 0.455. The van der Waals surface area contributed by atoms with Crippen LogP contribution in [0.2, 0.25) is 0 Å². The summed E-state index contributed by atoms with van der Waals surface area (Å²) in [6.45, 7) is 2.18. The standard InChI is InChI=1S/C11H16Br2N2O3S/c1-18-7-6-14-4-5-15-19(16,17)11-3-2-9(12)8-10(11)13/h2-3,8,14-15H,4-7H2,1H3. The molecule has 0 unspecified atom stereocenters. The molecule has 0 bridgehead atoms. The van der Waals surface area contributed by atoms with Crippen LogP contribution in [0.3, 0.4) is 0 Å². The molecular weight excluding hydrogens is 400 g/mol. The lowest BCUT2D eigenvalue weighted by molar-refractivity contribution is 0.199. The average Bonchev–Trinajstić information content (AvgIpc) is 2.33. The van der Waals surface area contributed by atoms with Crippen LogP contribution in [0.5, 0.6) is 0 Å². The van der Waals surface area contributed by atoms with E-state index in [0.717, 1.165) is 4.47 Å². The zero-order chi connectivity index (χ0) is 14.3. The Balaban J connectivity index is 2.52. The first kappa shape index (κ1) is 17.1. The highest BCUT2D eigenvalue weighted by Crippen LogP contribution is 2.25. The van der Waals surface area contributed by atoms with Gasteiger partial charge in [0.15, 0.2) is 0 Å². The fourth-order valence-corrected chi connectivity index (χ4v) is 4.12. The van der Waals surface area contributed by atoms with Crippen molar-refractivity contribution in [1.29, 1.82) is 0 Å². The Labute approximate surface area is 130 Å². The number of hydrogen-bond acceptors (Lipinski definition) is 4. The van der Waals surface area contributed by atoms with Gasteiger partial charge in [0.2, 0.25) is 10.0 Å². The van der Waals surface area contributed by atoms with Crippen LogP contribution in [0.1, 0.15) is 0 Å². The summed E-state index contributed by atoms with van der Waals surface area (Å²) in [5, 5.41) is 3.06. The number of methoxy groups -OCH3 is 1. The van der Waals surface area contributed by atoms with Crippen LogP contribution in [0.15, 0.2) is 32.0 Å². The number of nitrogens with one attached hydrogen (secondary N) is 2.